The van der Waals surface area contributed by atoms with Crippen LogP contribution in [0.1, 0.15) is 37.7 Å². The van der Waals surface area contributed by atoms with Crippen molar-refractivity contribution in [1.82, 2.24) is 0 Å². The standard InChI is InChI=1S/C16H20O3/c1-11-5-6-12(13(9-11)18-2)19-15-10-14(17)16(15)7-3-4-8-16/h5-6,9,15H,3-4,7-8,10H2,1-2H3. The molecule has 3 rings (SSSR count). The van der Waals surface area contributed by atoms with Crippen molar-refractivity contribution in [2.45, 2.75) is 45.1 Å². The van der Waals surface area contributed by atoms with Crippen molar-refractivity contribution in [3.63, 3.8) is 0 Å². The van der Waals surface area contributed by atoms with E-state index in [1.165, 1.54) is 0 Å². The summed E-state index contributed by atoms with van der Waals surface area (Å²) in [7, 11) is 1.65. The predicted octanol–water partition coefficient (Wildman–Crippen LogP) is 3.28. The first-order chi connectivity index (χ1) is 9.15. The second kappa shape index (κ2) is 4.55. The van der Waals surface area contributed by atoms with Crippen molar-refractivity contribution in [1.29, 1.82) is 0 Å². The van der Waals surface area contributed by atoms with Gasteiger partial charge < -0.3 is 9.47 Å². The van der Waals surface area contributed by atoms with E-state index in [1.807, 2.05) is 25.1 Å². The molecule has 2 aliphatic rings. The average Bonchev–Trinajstić information content (AvgIpc) is 2.92. The predicted molar refractivity (Wildman–Crippen MR) is 72.7 cm³/mol. The van der Waals surface area contributed by atoms with Gasteiger partial charge in [-0.1, -0.05) is 18.9 Å². The van der Waals surface area contributed by atoms with Crippen LogP contribution in [0.2, 0.25) is 0 Å². The molecule has 1 aromatic rings. The Morgan fingerprint density at radius 2 is 1.95 bits per heavy atom. The second-order valence-corrected chi connectivity index (χ2v) is 5.75. The number of ketones is 1. The Hall–Kier alpha value is -1.51. The highest BCUT2D eigenvalue weighted by Crippen LogP contribution is 2.52. The van der Waals surface area contributed by atoms with Gasteiger partial charge in [0.2, 0.25) is 0 Å². The third kappa shape index (κ3) is 1.92. The van der Waals surface area contributed by atoms with Crippen LogP contribution in [-0.4, -0.2) is 19.0 Å². The van der Waals surface area contributed by atoms with E-state index in [0.717, 1.165) is 42.7 Å². The normalized spacial score (nSPS) is 24.3. The fraction of sp³-hybridized carbons (Fsp3) is 0.562. The van der Waals surface area contributed by atoms with E-state index >= 15 is 0 Å². The molecule has 1 spiro atoms. The van der Waals surface area contributed by atoms with Crippen molar-refractivity contribution in [3.8, 4) is 11.5 Å². The summed E-state index contributed by atoms with van der Waals surface area (Å²) in [5.74, 6) is 1.91. The van der Waals surface area contributed by atoms with E-state index in [0.29, 0.717) is 12.2 Å². The molecule has 0 bridgehead atoms. The molecule has 0 radical (unpaired) electrons. The van der Waals surface area contributed by atoms with E-state index in [2.05, 4.69) is 0 Å². The summed E-state index contributed by atoms with van der Waals surface area (Å²) in [6, 6.07) is 5.93. The summed E-state index contributed by atoms with van der Waals surface area (Å²) in [5, 5.41) is 0. The van der Waals surface area contributed by atoms with Crippen molar-refractivity contribution >= 4 is 5.78 Å². The SMILES string of the molecule is COc1cc(C)ccc1OC1CC(=O)C12CCCC2. The van der Waals surface area contributed by atoms with Crippen LogP contribution in [0.15, 0.2) is 18.2 Å². The summed E-state index contributed by atoms with van der Waals surface area (Å²) in [6.45, 7) is 2.03. The van der Waals surface area contributed by atoms with Gasteiger partial charge in [-0.3, -0.25) is 4.79 Å². The Morgan fingerprint density at radius 3 is 2.58 bits per heavy atom. The summed E-state index contributed by atoms with van der Waals surface area (Å²) < 4.78 is 11.5. The van der Waals surface area contributed by atoms with Crippen LogP contribution in [0.25, 0.3) is 0 Å². The third-order valence-corrected chi connectivity index (χ3v) is 4.63. The molecule has 19 heavy (non-hydrogen) atoms. The quantitative estimate of drug-likeness (QED) is 0.836. The molecular weight excluding hydrogens is 240 g/mol. The molecule has 1 unspecified atom stereocenters. The van der Waals surface area contributed by atoms with E-state index in [1.54, 1.807) is 7.11 Å². The first-order valence-corrected chi connectivity index (χ1v) is 7.00. The largest absolute Gasteiger partial charge is 0.493 e. The molecule has 0 heterocycles. The van der Waals surface area contributed by atoms with Crippen LogP contribution in [-0.2, 0) is 4.79 Å². The molecule has 0 amide bonds. The number of hydrogen-bond acceptors (Lipinski definition) is 3. The van der Waals surface area contributed by atoms with Gasteiger partial charge in [-0.15, -0.1) is 0 Å². The number of carbonyl (C=O) groups is 1. The van der Waals surface area contributed by atoms with Crippen LogP contribution in [0.3, 0.4) is 0 Å². The molecule has 2 fully saturated rings. The monoisotopic (exact) mass is 260 g/mol. The number of methoxy groups -OCH3 is 1. The molecular formula is C16H20O3. The molecule has 0 aromatic heterocycles. The average molecular weight is 260 g/mol. The summed E-state index contributed by atoms with van der Waals surface area (Å²) in [5.41, 5.74) is 0.958. The van der Waals surface area contributed by atoms with E-state index in [-0.39, 0.29) is 11.5 Å². The highest BCUT2D eigenvalue weighted by Gasteiger charge is 2.57. The molecule has 3 heteroatoms. The summed E-state index contributed by atoms with van der Waals surface area (Å²) >= 11 is 0. The van der Waals surface area contributed by atoms with Gasteiger partial charge in [0, 0.05) is 6.42 Å². The van der Waals surface area contributed by atoms with Crippen LogP contribution in [0, 0.1) is 12.3 Å². The van der Waals surface area contributed by atoms with Gasteiger partial charge in [0.15, 0.2) is 11.5 Å². The van der Waals surface area contributed by atoms with Crippen molar-refractivity contribution in [2.24, 2.45) is 5.41 Å². The number of carbonyl (C=O) groups excluding carboxylic acids is 1. The molecule has 3 nitrogen and oxygen atoms in total. The van der Waals surface area contributed by atoms with Gasteiger partial charge in [0.1, 0.15) is 11.9 Å². The van der Waals surface area contributed by atoms with Gasteiger partial charge in [0.25, 0.3) is 0 Å². The maximum absolute atomic E-state index is 12.0. The topological polar surface area (TPSA) is 35.5 Å². The Labute approximate surface area is 113 Å². The smallest absolute Gasteiger partial charge is 0.161 e. The first kappa shape index (κ1) is 12.5. The molecule has 2 aliphatic carbocycles. The Morgan fingerprint density at radius 1 is 1.21 bits per heavy atom. The number of hydrogen-bond donors (Lipinski definition) is 0. The van der Waals surface area contributed by atoms with Gasteiger partial charge in [0.05, 0.1) is 12.5 Å². The van der Waals surface area contributed by atoms with Gasteiger partial charge in [-0.2, -0.15) is 0 Å². The molecule has 0 aliphatic heterocycles. The number of benzene rings is 1. The fourth-order valence-corrected chi connectivity index (χ4v) is 3.40. The number of aryl methyl sites for hydroxylation is 1. The van der Waals surface area contributed by atoms with Crippen molar-refractivity contribution in [3.05, 3.63) is 23.8 Å². The summed E-state index contributed by atoms with van der Waals surface area (Å²) in [4.78, 5) is 12.0. The maximum atomic E-state index is 12.0. The van der Waals surface area contributed by atoms with Crippen molar-refractivity contribution in [2.75, 3.05) is 7.11 Å². The van der Waals surface area contributed by atoms with Crippen LogP contribution >= 0.6 is 0 Å². The van der Waals surface area contributed by atoms with Crippen LogP contribution in [0.5, 0.6) is 11.5 Å². The minimum atomic E-state index is -0.185. The third-order valence-electron chi connectivity index (χ3n) is 4.63. The molecule has 1 aromatic carbocycles. The molecule has 1 atom stereocenters. The molecule has 0 N–H and O–H groups in total. The van der Waals surface area contributed by atoms with Gasteiger partial charge in [-0.25, -0.2) is 0 Å². The number of Topliss-reactive ketones (excluding diaryl/α,β-unsaturated/α-hetero) is 1. The van der Waals surface area contributed by atoms with E-state index < -0.39 is 0 Å². The zero-order valence-corrected chi connectivity index (χ0v) is 11.6. The minimum absolute atomic E-state index is 0.0408. The Kier molecular flexibility index (Phi) is 3.00. The maximum Gasteiger partial charge on any atom is 0.161 e. The highest BCUT2D eigenvalue weighted by atomic mass is 16.5. The first-order valence-electron chi connectivity index (χ1n) is 7.00. The van der Waals surface area contributed by atoms with Crippen LogP contribution < -0.4 is 9.47 Å². The lowest BCUT2D eigenvalue weighted by atomic mass is 9.63. The Bertz CT molecular complexity index is 501. The van der Waals surface area contributed by atoms with E-state index in [9.17, 15) is 4.79 Å². The lowest BCUT2D eigenvalue weighted by Crippen LogP contribution is -2.55. The number of rotatable bonds is 3. The zero-order valence-electron chi connectivity index (χ0n) is 11.6. The number of ether oxygens (including phenoxy) is 2. The van der Waals surface area contributed by atoms with Gasteiger partial charge >= 0.3 is 0 Å². The lowest BCUT2D eigenvalue weighted by molar-refractivity contribution is -0.151. The lowest BCUT2D eigenvalue weighted by Gasteiger charge is -2.44. The molecule has 102 valence electrons. The minimum Gasteiger partial charge on any atom is -0.493 e. The Balaban J connectivity index is 1.81. The fourth-order valence-electron chi connectivity index (χ4n) is 3.40. The van der Waals surface area contributed by atoms with E-state index in [4.69, 9.17) is 9.47 Å². The van der Waals surface area contributed by atoms with Gasteiger partial charge in [-0.05, 0) is 37.5 Å². The highest BCUT2D eigenvalue weighted by molar-refractivity contribution is 5.92. The zero-order chi connectivity index (χ0) is 13.5. The van der Waals surface area contributed by atoms with Crippen LogP contribution in [0.4, 0.5) is 0 Å². The molecule has 0 saturated heterocycles. The van der Waals surface area contributed by atoms with Crippen molar-refractivity contribution < 1.29 is 14.3 Å². The molecule has 2 saturated carbocycles. The summed E-state index contributed by atoms with van der Waals surface area (Å²) in [6.07, 6.45) is 4.87. The second-order valence-electron chi connectivity index (χ2n) is 5.75.